The van der Waals surface area contributed by atoms with E-state index in [9.17, 15) is 14.5 Å². The van der Waals surface area contributed by atoms with Crippen LogP contribution in [0.25, 0.3) is 0 Å². The Bertz CT molecular complexity index is 623. The second-order valence-corrected chi connectivity index (χ2v) is 4.49. The van der Waals surface area contributed by atoms with Crippen LogP contribution in [0.4, 0.5) is 15.9 Å². The second-order valence-electron chi connectivity index (χ2n) is 3.45. The molecular formula is C11H9FN4O2S. The average Bonchev–Trinajstić information content (AvgIpc) is 2.41. The monoisotopic (exact) mass is 280 g/mol. The molecule has 1 heterocycles. The van der Waals surface area contributed by atoms with Crippen molar-refractivity contribution < 1.29 is 9.31 Å². The zero-order valence-corrected chi connectivity index (χ0v) is 10.4. The molecule has 1 aromatic carbocycles. The summed E-state index contributed by atoms with van der Waals surface area (Å²) in [6.45, 7) is 0. The molecule has 0 fully saturated rings. The van der Waals surface area contributed by atoms with Crippen molar-refractivity contribution in [3.8, 4) is 0 Å². The minimum Gasteiger partial charge on any atom is -0.308 e. The fourth-order valence-electron chi connectivity index (χ4n) is 1.36. The topological polar surface area (TPSA) is 94.1 Å². The highest BCUT2D eigenvalue weighted by Crippen LogP contribution is 2.35. The van der Waals surface area contributed by atoms with Crippen molar-refractivity contribution in [2.75, 3.05) is 5.43 Å². The summed E-state index contributed by atoms with van der Waals surface area (Å²) in [5.74, 6) is 5.01. The summed E-state index contributed by atoms with van der Waals surface area (Å²) in [5, 5.41) is 11.0. The summed E-state index contributed by atoms with van der Waals surface area (Å²) < 4.78 is 13.5. The molecule has 8 heteroatoms. The summed E-state index contributed by atoms with van der Waals surface area (Å²) in [6, 6.07) is 8.63. The predicted molar refractivity (Wildman–Crippen MR) is 69.2 cm³/mol. The van der Waals surface area contributed by atoms with Gasteiger partial charge in [0.2, 0.25) is 0 Å². The molecule has 0 unspecified atom stereocenters. The number of nitrogens with one attached hydrogen (secondary N) is 1. The van der Waals surface area contributed by atoms with Crippen LogP contribution in [-0.2, 0) is 0 Å². The Labute approximate surface area is 112 Å². The number of nitrogens with two attached hydrogens (primary N) is 1. The molecule has 0 amide bonds. The number of halogens is 1. The van der Waals surface area contributed by atoms with Gasteiger partial charge in [-0.15, -0.1) is 0 Å². The first-order valence-electron chi connectivity index (χ1n) is 5.16. The number of hydrazine groups is 1. The van der Waals surface area contributed by atoms with Crippen LogP contribution in [0, 0.1) is 15.9 Å². The fourth-order valence-corrected chi connectivity index (χ4v) is 2.27. The van der Waals surface area contributed by atoms with Crippen LogP contribution in [0.1, 0.15) is 0 Å². The zero-order chi connectivity index (χ0) is 13.8. The maximum atomic E-state index is 13.5. The van der Waals surface area contributed by atoms with Crippen LogP contribution < -0.4 is 11.3 Å². The highest BCUT2D eigenvalue weighted by Gasteiger charge is 2.18. The van der Waals surface area contributed by atoms with Crippen LogP contribution in [0.5, 0.6) is 0 Å². The van der Waals surface area contributed by atoms with Crippen LogP contribution in [0.3, 0.4) is 0 Å². The molecule has 3 N–H and O–H groups in total. The SMILES string of the molecule is NNc1ccc([N+](=O)[O-])c(Sc2ccccc2F)n1. The largest absolute Gasteiger partial charge is 0.308 e. The maximum Gasteiger partial charge on any atom is 0.301 e. The lowest BCUT2D eigenvalue weighted by Gasteiger charge is -2.05. The first kappa shape index (κ1) is 13.2. The molecule has 0 aliphatic rings. The Morgan fingerprint density at radius 1 is 1.32 bits per heavy atom. The molecule has 0 aliphatic carbocycles. The van der Waals surface area contributed by atoms with E-state index in [0.717, 1.165) is 11.8 Å². The zero-order valence-electron chi connectivity index (χ0n) is 9.54. The second kappa shape index (κ2) is 5.63. The standard InChI is InChI=1S/C11H9FN4O2S/c12-7-3-1-2-4-9(7)19-11-8(16(17)18)5-6-10(14-11)15-13/h1-6H,13H2,(H,14,15). The quantitative estimate of drug-likeness (QED) is 0.508. The molecule has 19 heavy (non-hydrogen) atoms. The van der Waals surface area contributed by atoms with Crippen molar-refractivity contribution in [2.24, 2.45) is 5.84 Å². The molecule has 0 radical (unpaired) electrons. The van der Waals surface area contributed by atoms with Gasteiger partial charge in [0.1, 0.15) is 11.6 Å². The van der Waals surface area contributed by atoms with E-state index in [4.69, 9.17) is 5.84 Å². The smallest absolute Gasteiger partial charge is 0.301 e. The Balaban J connectivity index is 2.43. The Morgan fingerprint density at radius 3 is 2.68 bits per heavy atom. The van der Waals surface area contributed by atoms with Crippen molar-refractivity contribution in [3.05, 3.63) is 52.3 Å². The van der Waals surface area contributed by atoms with Crippen molar-refractivity contribution >= 4 is 23.3 Å². The van der Waals surface area contributed by atoms with Gasteiger partial charge in [-0.05, 0) is 18.2 Å². The lowest BCUT2D eigenvalue weighted by Crippen LogP contribution is -2.09. The number of aromatic nitrogens is 1. The lowest BCUT2D eigenvalue weighted by atomic mass is 10.3. The van der Waals surface area contributed by atoms with E-state index in [1.54, 1.807) is 12.1 Å². The summed E-state index contributed by atoms with van der Waals surface area (Å²) in [4.78, 5) is 14.6. The molecule has 0 bridgehead atoms. The third kappa shape index (κ3) is 2.98. The van der Waals surface area contributed by atoms with Crippen molar-refractivity contribution in [3.63, 3.8) is 0 Å². The van der Waals surface area contributed by atoms with Crippen molar-refractivity contribution in [1.82, 2.24) is 4.98 Å². The van der Waals surface area contributed by atoms with Gasteiger partial charge in [-0.25, -0.2) is 15.2 Å². The van der Waals surface area contributed by atoms with Gasteiger partial charge in [0.05, 0.1) is 4.92 Å². The third-order valence-electron chi connectivity index (χ3n) is 2.23. The highest BCUT2D eigenvalue weighted by atomic mass is 32.2. The number of hydrogen-bond donors (Lipinski definition) is 2. The predicted octanol–water partition coefficient (Wildman–Crippen LogP) is 2.57. The maximum absolute atomic E-state index is 13.5. The molecule has 0 atom stereocenters. The van der Waals surface area contributed by atoms with Gasteiger partial charge in [-0.2, -0.15) is 0 Å². The van der Waals surface area contributed by atoms with E-state index in [-0.39, 0.29) is 21.4 Å². The van der Waals surface area contributed by atoms with Crippen LogP contribution >= 0.6 is 11.8 Å². The molecule has 2 aromatic rings. The molecule has 98 valence electrons. The van der Waals surface area contributed by atoms with Crippen LogP contribution in [-0.4, -0.2) is 9.91 Å². The normalized spacial score (nSPS) is 10.2. The number of nitrogen functional groups attached to an aromatic ring is 1. The number of benzene rings is 1. The van der Waals surface area contributed by atoms with E-state index < -0.39 is 10.7 Å². The van der Waals surface area contributed by atoms with Gasteiger partial charge in [0, 0.05) is 11.0 Å². The first-order chi connectivity index (χ1) is 9.11. The van der Waals surface area contributed by atoms with E-state index >= 15 is 0 Å². The van der Waals surface area contributed by atoms with E-state index in [2.05, 4.69) is 10.4 Å². The van der Waals surface area contributed by atoms with E-state index in [1.807, 2.05) is 0 Å². The summed E-state index contributed by atoms with van der Waals surface area (Å²) in [7, 11) is 0. The number of rotatable bonds is 4. The van der Waals surface area contributed by atoms with Gasteiger partial charge in [0.15, 0.2) is 5.03 Å². The van der Waals surface area contributed by atoms with Gasteiger partial charge in [-0.1, -0.05) is 23.9 Å². The fraction of sp³-hybridized carbons (Fsp3) is 0. The number of pyridine rings is 1. The summed E-state index contributed by atoms with van der Waals surface area (Å²) in [5.41, 5.74) is 2.09. The summed E-state index contributed by atoms with van der Waals surface area (Å²) >= 11 is 0.875. The molecular weight excluding hydrogens is 271 g/mol. The number of hydrogen-bond acceptors (Lipinski definition) is 6. The summed E-state index contributed by atoms with van der Waals surface area (Å²) in [6.07, 6.45) is 0. The van der Waals surface area contributed by atoms with Gasteiger partial charge >= 0.3 is 5.69 Å². The third-order valence-corrected chi connectivity index (χ3v) is 3.27. The minimum absolute atomic E-state index is 0.0746. The average molecular weight is 280 g/mol. The number of nitrogens with zero attached hydrogens (tertiary/aromatic N) is 2. The Hall–Kier alpha value is -2.19. The molecule has 0 saturated carbocycles. The lowest BCUT2D eigenvalue weighted by molar-refractivity contribution is -0.388. The molecule has 6 nitrogen and oxygen atoms in total. The minimum atomic E-state index is -0.573. The molecule has 0 aliphatic heterocycles. The van der Waals surface area contributed by atoms with Crippen molar-refractivity contribution in [2.45, 2.75) is 9.92 Å². The van der Waals surface area contributed by atoms with E-state index in [0.29, 0.717) is 0 Å². The first-order valence-corrected chi connectivity index (χ1v) is 5.98. The number of nitro groups is 1. The molecule has 0 saturated heterocycles. The number of anilines is 1. The van der Waals surface area contributed by atoms with E-state index in [1.165, 1.54) is 24.3 Å². The van der Waals surface area contributed by atoms with Crippen LogP contribution in [0.15, 0.2) is 46.3 Å². The molecule has 2 rings (SSSR count). The van der Waals surface area contributed by atoms with Crippen LogP contribution in [0.2, 0.25) is 0 Å². The Kier molecular flexibility index (Phi) is 3.93. The molecule has 1 aromatic heterocycles. The van der Waals surface area contributed by atoms with Gasteiger partial charge in [-0.3, -0.25) is 10.1 Å². The highest BCUT2D eigenvalue weighted by molar-refractivity contribution is 7.99. The van der Waals surface area contributed by atoms with Gasteiger partial charge < -0.3 is 5.43 Å². The molecule has 0 spiro atoms. The van der Waals surface area contributed by atoms with Crippen molar-refractivity contribution in [1.29, 1.82) is 0 Å². The van der Waals surface area contributed by atoms with Gasteiger partial charge in [0.25, 0.3) is 0 Å². The Morgan fingerprint density at radius 2 is 2.05 bits per heavy atom.